The minimum Gasteiger partial charge on any atom is -0.389 e. The zero-order valence-electron chi connectivity index (χ0n) is 9.29. The molecular formula is C10H11ClFN5O. The van der Waals surface area contributed by atoms with Crippen LogP contribution in [0.3, 0.4) is 0 Å². The molecule has 0 aliphatic heterocycles. The summed E-state index contributed by atoms with van der Waals surface area (Å²) in [6.07, 6.45) is 4.78. The molecule has 0 bridgehead atoms. The van der Waals surface area contributed by atoms with E-state index in [1.807, 2.05) is 0 Å². The van der Waals surface area contributed by atoms with Crippen LogP contribution in [0, 0.1) is 5.82 Å². The smallest absolute Gasteiger partial charge is 0.166 e. The van der Waals surface area contributed by atoms with Crippen molar-refractivity contribution in [3.05, 3.63) is 35.6 Å². The molecule has 2 aromatic rings. The molecule has 0 spiro atoms. The van der Waals surface area contributed by atoms with Crippen LogP contribution in [0.2, 0.25) is 5.02 Å². The normalized spacial score (nSPS) is 12.4. The van der Waals surface area contributed by atoms with Crippen LogP contribution in [-0.4, -0.2) is 37.7 Å². The number of rotatable bonds is 5. The molecule has 0 saturated heterocycles. The number of halogens is 2. The molecular weight excluding hydrogens is 261 g/mol. The molecule has 2 heterocycles. The quantitative estimate of drug-likeness (QED) is 0.846. The van der Waals surface area contributed by atoms with Gasteiger partial charge in [0.25, 0.3) is 0 Å². The molecule has 0 amide bonds. The van der Waals surface area contributed by atoms with Crippen molar-refractivity contribution < 1.29 is 9.50 Å². The number of aliphatic hydroxyl groups is 1. The lowest BCUT2D eigenvalue weighted by molar-refractivity contribution is 0.160. The summed E-state index contributed by atoms with van der Waals surface area (Å²) in [6, 6.07) is 0. The molecule has 96 valence electrons. The highest BCUT2D eigenvalue weighted by molar-refractivity contribution is 6.33. The second-order valence-corrected chi connectivity index (χ2v) is 4.05. The van der Waals surface area contributed by atoms with Crippen molar-refractivity contribution in [2.75, 3.05) is 11.9 Å². The first-order valence-corrected chi connectivity index (χ1v) is 5.59. The number of aromatic nitrogens is 4. The largest absolute Gasteiger partial charge is 0.389 e. The van der Waals surface area contributed by atoms with Crippen LogP contribution in [0.4, 0.5) is 10.1 Å². The van der Waals surface area contributed by atoms with Crippen molar-refractivity contribution in [2.45, 2.75) is 12.6 Å². The minimum atomic E-state index is -0.740. The standard InChI is InChI=1S/C10H11ClFN5O/c11-8-4-13-5-9(12)10(8)14-3-7(18)6-17-2-1-15-16-17/h1-2,4-5,7,18H,3,6H2,(H,13,14). The molecule has 6 nitrogen and oxygen atoms in total. The molecule has 2 aromatic heterocycles. The van der Waals surface area contributed by atoms with Crippen molar-refractivity contribution in [1.82, 2.24) is 20.0 Å². The van der Waals surface area contributed by atoms with Gasteiger partial charge in [-0.3, -0.25) is 4.98 Å². The number of nitrogens with one attached hydrogen (secondary N) is 1. The monoisotopic (exact) mass is 271 g/mol. The first-order chi connectivity index (χ1) is 8.66. The summed E-state index contributed by atoms with van der Waals surface area (Å²) in [4.78, 5) is 3.60. The van der Waals surface area contributed by atoms with Gasteiger partial charge in [-0.25, -0.2) is 9.07 Å². The third-order valence-corrected chi connectivity index (χ3v) is 2.52. The average Bonchev–Trinajstić information content (AvgIpc) is 2.81. The zero-order valence-corrected chi connectivity index (χ0v) is 10.0. The number of aliphatic hydroxyl groups excluding tert-OH is 1. The second-order valence-electron chi connectivity index (χ2n) is 3.64. The van der Waals surface area contributed by atoms with Gasteiger partial charge in [-0.2, -0.15) is 0 Å². The molecule has 8 heteroatoms. The van der Waals surface area contributed by atoms with Crippen LogP contribution in [0.5, 0.6) is 0 Å². The number of pyridine rings is 1. The van der Waals surface area contributed by atoms with Gasteiger partial charge in [0, 0.05) is 18.9 Å². The van der Waals surface area contributed by atoms with Crippen molar-refractivity contribution in [3.8, 4) is 0 Å². The molecule has 0 radical (unpaired) electrons. The van der Waals surface area contributed by atoms with Crippen LogP contribution in [0.1, 0.15) is 0 Å². The topological polar surface area (TPSA) is 75.9 Å². The van der Waals surface area contributed by atoms with Gasteiger partial charge in [-0.05, 0) is 0 Å². The van der Waals surface area contributed by atoms with Crippen LogP contribution >= 0.6 is 11.6 Å². The molecule has 0 saturated carbocycles. The fourth-order valence-electron chi connectivity index (χ4n) is 1.41. The van der Waals surface area contributed by atoms with E-state index in [-0.39, 0.29) is 23.8 Å². The maximum Gasteiger partial charge on any atom is 0.166 e. The Kier molecular flexibility index (Phi) is 4.06. The second kappa shape index (κ2) is 5.74. The van der Waals surface area contributed by atoms with Crippen molar-refractivity contribution >= 4 is 17.3 Å². The molecule has 2 rings (SSSR count). The van der Waals surface area contributed by atoms with Crippen LogP contribution < -0.4 is 5.32 Å². The van der Waals surface area contributed by atoms with Gasteiger partial charge in [0.15, 0.2) is 5.82 Å². The van der Waals surface area contributed by atoms with Gasteiger partial charge in [-0.15, -0.1) is 5.10 Å². The van der Waals surface area contributed by atoms with Gasteiger partial charge in [0.1, 0.15) is 0 Å². The van der Waals surface area contributed by atoms with E-state index in [1.165, 1.54) is 17.1 Å². The summed E-state index contributed by atoms with van der Waals surface area (Å²) in [5.41, 5.74) is 0.129. The van der Waals surface area contributed by atoms with Gasteiger partial charge < -0.3 is 10.4 Å². The molecule has 1 atom stereocenters. The summed E-state index contributed by atoms with van der Waals surface area (Å²) in [7, 11) is 0. The van der Waals surface area contributed by atoms with E-state index >= 15 is 0 Å². The molecule has 2 N–H and O–H groups in total. The predicted molar refractivity (Wildman–Crippen MR) is 63.7 cm³/mol. The summed E-state index contributed by atoms with van der Waals surface area (Å²) < 4.78 is 14.8. The van der Waals surface area contributed by atoms with E-state index in [1.54, 1.807) is 6.20 Å². The Balaban J connectivity index is 1.91. The van der Waals surface area contributed by atoms with Gasteiger partial charge in [0.05, 0.1) is 35.8 Å². The van der Waals surface area contributed by atoms with E-state index in [0.717, 1.165) is 6.20 Å². The predicted octanol–water partition coefficient (Wildman–Crippen LogP) is 0.939. The maximum absolute atomic E-state index is 13.4. The third-order valence-electron chi connectivity index (χ3n) is 2.24. The Morgan fingerprint density at radius 1 is 1.50 bits per heavy atom. The third kappa shape index (κ3) is 3.14. The molecule has 0 aliphatic rings. The van der Waals surface area contributed by atoms with Crippen molar-refractivity contribution in [2.24, 2.45) is 0 Å². The van der Waals surface area contributed by atoms with E-state index in [9.17, 15) is 9.50 Å². The van der Waals surface area contributed by atoms with Crippen molar-refractivity contribution in [3.63, 3.8) is 0 Å². The molecule has 0 fully saturated rings. The number of hydrogen-bond acceptors (Lipinski definition) is 5. The fraction of sp³-hybridized carbons (Fsp3) is 0.300. The van der Waals surface area contributed by atoms with Crippen LogP contribution in [0.25, 0.3) is 0 Å². The summed E-state index contributed by atoms with van der Waals surface area (Å²) in [5.74, 6) is -0.560. The van der Waals surface area contributed by atoms with E-state index < -0.39 is 11.9 Å². The molecule has 1 unspecified atom stereocenters. The summed E-state index contributed by atoms with van der Waals surface area (Å²) in [6.45, 7) is 0.401. The average molecular weight is 272 g/mol. The lowest BCUT2D eigenvalue weighted by Gasteiger charge is -2.13. The number of hydrogen-bond donors (Lipinski definition) is 2. The first-order valence-electron chi connectivity index (χ1n) is 5.22. The first kappa shape index (κ1) is 12.7. The Morgan fingerprint density at radius 2 is 2.33 bits per heavy atom. The number of nitrogens with zero attached hydrogens (tertiary/aromatic N) is 4. The Morgan fingerprint density at radius 3 is 3.00 bits per heavy atom. The SMILES string of the molecule is OC(CNc1c(F)cncc1Cl)Cn1ccnn1. The van der Waals surface area contributed by atoms with Gasteiger partial charge in [0.2, 0.25) is 0 Å². The highest BCUT2D eigenvalue weighted by Gasteiger charge is 2.10. The highest BCUT2D eigenvalue weighted by Crippen LogP contribution is 2.22. The zero-order chi connectivity index (χ0) is 13.0. The van der Waals surface area contributed by atoms with Gasteiger partial charge >= 0.3 is 0 Å². The maximum atomic E-state index is 13.4. The lowest BCUT2D eigenvalue weighted by Crippen LogP contribution is -2.25. The van der Waals surface area contributed by atoms with Gasteiger partial charge in [-0.1, -0.05) is 16.8 Å². The van der Waals surface area contributed by atoms with Crippen LogP contribution in [0.15, 0.2) is 24.8 Å². The molecule has 18 heavy (non-hydrogen) atoms. The highest BCUT2D eigenvalue weighted by atomic mass is 35.5. The lowest BCUT2D eigenvalue weighted by atomic mass is 10.3. The Labute approximate surface area is 107 Å². The summed E-state index contributed by atoms with van der Waals surface area (Å²) in [5, 5.41) is 20.0. The van der Waals surface area contributed by atoms with E-state index in [0.29, 0.717) is 0 Å². The fourth-order valence-corrected chi connectivity index (χ4v) is 1.62. The van der Waals surface area contributed by atoms with Crippen LogP contribution in [-0.2, 0) is 6.54 Å². The number of anilines is 1. The molecule has 0 aromatic carbocycles. The Hall–Kier alpha value is -1.73. The Bertz CT molecular complexity index is 487. The summed E-state index contributed by atoms with van der Waals surface area (Å²) >= 11 is 5.78. The van der Waals surface area contributed by atoms with Crippen molar-refractivity contribution in [1.29, 1.82) is 0 Å². The minimum absolute atomic E-state index is 0.129. The van der Waals surface area contributed by atoms with E-state index in [2.05, 4.69) is 20.6 Å². The molecule has 0 aliphatic carbocycles. The van der Waals surface area contributed by atoms with E-state index in [4.69, 9.17) is 11.6 Å².